The van der Waals surface area contributed by atoms with Crippen LogP contribution in [-0.4, -0.2) is 4.98 Å². The van der Waals surface area contributed by atoms with Gasteiger partial charge < -0.3 is 0 Å². The summed E-state index contributed by atoms with van der Waals surface area (Å²) < 4.78 is 0. The number of aromatic nitrogens is 1. The molecule has 0 aliphatic rings. The van der Waals surface area contributed by atoms with E-state index < -0.39 is 0 Å². The van der Waals surface area contributed by atoms with Gasteiger partial charge in [-0.2, -0.15) is 0 Å². The van der Waals surface area contributed by atoms with Crippen LogP contribution in [0.3, 0.4) is 0 Å². The quantitative estimate of drug-likeness (QED) is 0.667. The van der Waals surface area contributed by atoms with Crippen LogP contribution in [0.1, 0.15) is 30.7 Å². The standard InChI is InChI=1S/C10H11N.C2H6/c1-4-9-8(3)6-7-11-10(9)5-2;1-2/h4-7H,1-2H2,3H3;1-2H3. The molecule has 1 aromatic rings. The van der Waals surface area contributed by atoms with Crippen molar-refractivity contribution in [3.05, 3.63) is 42.2 Å². The fourth-order valence-corrected chi connectivity index (χ4v) is 1.02. The molecule has 0 atom stereocenters. The van der Waals surface area contributed by atoms with Crippen LogP contribution in [0.5, 0.6) is 0 Å². The van der Waals surface area contributed by atoms with Crippen LogP contribution < -0.4 is 0 Å². The zero-order valence-electron chi connectivity index (χ0n) is 8.67. The van der Waals surface area contributed by atoms with Crippen LogP contribution in [0.2, 0.25) is 0 Å². The molecule has 1 aromatic heterocycles. The molecular formula is C12H17N. The molecule has 13 heavy (non-hydrogen) atoms. The molecule has 0 amide bonds. The molecule has 0 unspecified atom stereocenters. The van der Waals surface area contributed by atoms with Crippen molar-refractivity contribution in [2.45, 2.75) is 20.8 Å². The van der Waals surface area contributed by atoms with Gasteiger partial charge in [-0.05, 0) is 24.6 Å². The summed E-state index contributed by atoms with van der Waals surface area (Å²) in [7, 11) is 0. The van der Waals surface area contributed by atoms with Crippen molar-refractivity contribution in [1.29, 1.82) is 0 Å². The Morgan fingerprint density at radius 1 is 1.23 bits per heavy atom. The Bertz CT molecular complexity index is 287. The van der Waals surface area contributed by atoms with E-state index in [1.165, 1.54) is 5.56 Å². The van der Waals surface area contributed by atoms with Gasteiger partial charge in [0.05, 0.1) is 5.69 Å². The van der Waals surface area contributed by atoms with Crippen molar-refractivity contribution in [1.82, 2.24) is 4.98 Å². The maximum absolute atomic E-state index is 4.14. The van der Waals surface area contributed by atoms with Gasteiger partial charge in [-0.3, -0.25) is 4.98 Å². The molecule has 0 saturated carbocycles. The van der Waals surface area contributed by atoms with Crippen molar-refractivity contribution < 1.29 is 0 Å². The largest absolute Gasteiger partial charge is 0.256 e. The first kappa shape index (κ1) is 11.6. The van der Waals surface area contributed by atoms with E-state index in [0.29, 0.717) is 0 Å². The monoisotopic (exact) mass is 175 g/mol. The van der Waals surface area contributed by atoms with Crippen molar-refractivity contribution in [3.8, 4) is 0 Å². The minimum absolute atomic E-state index is 0.903. The molecule has 1 heteroatoms. The molecule has 1 rings (SSSR count). The summed E-state index contributed by atoms with van der Waals surface area (Å²) >= 11 is 0. The van der Waals surface area contributed by atoms with Crippen LogP contribution in [0.25, 0.3) is 12.2 Å². The Labute approximate surface area is 80.8 Å². The number of hydrogen-bond acceptors (Lipinski definition) is 1. The molecule has 0 aromatic carbocycles. The maximum Gasteiger partial charge on any atom is 0.0698 e. The number of hydrogen-bond donors (Lipinski definition) is 0. The second kappa shape index (κ2) is 6.18. The van der Waals surface area contributed by atoms with Crippen LogP contribution in [-0.2, 0) is 0 Å². The van der Waals surface area contributed by atoms with Crippen molar-refractivity contribution in [2.75, 3.05) is 0 Å². The van der Waals surface area contributed by atoms with E-state index in [4.69, 9.17) is 0 Å². The number of rotatable bonds is 2. The summed E-state index contributed by atoms with van der Waals surface area (Å²) in [5, 5.41) is 0. The van der Waals surface area contributed by atoms with E-state index in [0.717, 1.165) is 11.3 Å². The lowest BCUT2D eigenvalue weighted by Crippen LogP contribution is -1.88. The average Bonchev–Trinajstić information content (AvgIpc) is 2.20. The SMILES string of the molecule is C=Cc1nccc(C)c1C=C.CC. The minimum Gasteiger partial charge on any atom is -0.256 e. The molecule has 0 aliphatic carbocycles. The molecular weight excluding hydrogens is 158 g/mol. The fourth-order valence-electron chi connectivity index (χ4n) is 1.02. The van der Waals surface area contributed by atoms with E-state index in [2.05, 4.69) is 18.1 Å². The summed E-state index contributed by atoms with van der Waals surface area (Å²) in [6, 6.07) is 1.96. The van der Waals surface area contributed by atoms with E-state index >= 15 is 0 Å². The third kappa shape index (κ3) is 2.86. The second-order valence-corrected chi connectivity index (χ2v) is 2.34. The molecule has 0 radical (unpaired) electrons. The Hall–Kier alpha value is -1.37. The van der Waals surface area contributed by atoms with Gasteiger partial charge in [-0.25, -0.2) is 0 Å². The lowest BCUT2D eigenvalue weighted by atomic mass is 10.1. The third-order valence-corrected chi connectivity index (χ3v) is 1.64. The second-order valence-electron chi connectivity index (χ2n) is 2.34. The molecule has 0 bridgehead atoms. The molecule has 0 saturated heterocycles. The Morgan fingerprint density at radius 3 is 2.23 bits per heavy atom. The van der Waals surface area contributed by atoms with Gasteiger partial charge in [0.15, 0.2) is 0 Å². The summed E-state index contributed by atoms with van der Waals surface area (Å²) in [5.74, 6) is 0. The summed E-state index contributed by atoms with van der Waals surface area (Å²) in [6.07, 6.45) is 5.32. The number of aryl methyl sites for hydroxylation is 1. The van der Waals surface area contributed by atoms with Gasteiger partial charge in [-0.15, -0.1) is 0 Å². The highest BCUT2D eigenvalue weighted by atomic mass is 14.7. The Morgan fingerprint density at radius 2 is 1.85 bits per heavy atom. The normalized spacial score (nSPS) is 8.23. The zero-order valence-corrected chi connectivity index (χ0v) is 8.67. The van der Waals surface area contributed by atoms with Gasteiger partial charge >= 0.3 is 0 Å². The first-order valence-corrected chi connectivity index (χ1v) is 4.50. The molecule has 70 valence electrons. The van der Waals surface area contributed by atoms with Crippen LogP contribution in [0.15, 0.2) is 25.4 Å². The topological polar surface area (TPSA) is 12.9 Å². The zero-order chi connectivity index (χ0) is 10.3. The smallest absolute Gasteiger partial charge is 0.0698 e. The van der Waals surface area contributed by atoms with Crippen molar-refractivity contribution in [2.24, 2.45) is 0 Å². The van der Waals surface area contributed by atoms with Crippen molar-refractivity contribution in [3.63, 3.8) is 0 Å². The molecule has 1 heterocycles. The molecule has 0 aliphatic heterocycles. The lowest BCUT2D eigenvalue weighted by Gasteiger charge is -2.01. The number of pyridine rings is 1. The van der Waals surface area contributed by atoms with Crippen LogP contribution in [0.4, 0.5) is 0 Å². The highest BCUT2D eigenvalue weighted by Gasteiger charge is 1.97. The third-order valence-electron chi connectivity index (χ3n) is 1.64. The average molecular weight is 175 g/mol. The number of nitrogens with zero attached hydrogens (tertiary/aromatic N) is 1. The van der Waals surface area contributed by atoms with Gasteiger partial charge in [0.25, 0.3) is 0 Å². The van der Waals surface area contributed by atoms with Crippen LogP contribution >= 0.6 is 0 Å². The first-order chi connectivity index (χ1) is 6.29. The van der Waals surface area contributed by atoms with Gasteiger partial charge in [-0.1, -0.05) is 33.1 Å². The van der Waals surface area contributed by atoms with Crippen LogP contribution in [0, 0.1) is 6.92 Å². The van der Waals surface area contributed by atoms with Gasteiger partial charge in [0.2, 0.25) is 0 Å². The first-order valence-electron chi connectivity index (χ1n) is 4.50. The Kier molecular flexibility index (Phi) is 5.53. The van der Waals surface area contributed by atoms with E-state index in [-0.39, 0.29) is 0 Å². The van der Waals surface area contributed by atoms with E-state index in [1.54, 1.807) is 18.3 Å². The maximum atomic E-state index is 4.14. The molecule has 0 spiro atoms. The van der Waals surface area contributed by atoms with Gasteiger partial charge in [0, 0.05) is 11.8 Å². The van der Waals surface area contributed by atoms with Gasteiger partial charge in [0.1, 0.15) is 0 Å². The Balaban J connectivity index is 0.000000671. The molecule has 0 N–H and O–H groups in total. The molecule has 0 fully saturated rings. The van der Waals surface area contributed by atoms with E-state index in [9.17, 15) is 0 Å². The predicted octanol–water partition coefficient (Wildman–Crippen LogP) is 3.70. The van der Waals surface area contributed by atoms with E-state index in [1.807, 2.05) is 26.8 Å². The highest BCUT2D eigenvalue weighted by Crippen LogP contribution is 2.13. The minimum atomic E-state index is 0.903. The summed E-state index contributed by atoms with van der Waals surface area (Å²) in [5.41, 5.74) is 3.16. The molecule has 1 nitrogen and oxygen atoms in total. The fraction of sp³-hybridized carbons (Fsp3) is 0.250. The summed E-state index contributed by atoms with van der Waals surface area (Å²) in [6.45, 7) is 13.4. The lowest BCUT2D eigenvalue weighted by molar-refractivity contribution is 1.24. The highest BCUT2D eigenvalue weighted by molar-refractivity contribution is 5.62. The van der Waals surface area contributed by atoms with Crippen molar-refractivity contribution >= 4 is 12.2 Å². The summed E-state index contributed by atoms with van der Waals surface area (Å²) in [4.78, 5) is 4.14. The predicted molar refractivity (Wildman–Crippen MR) is 60.5 cm³/mol.